The number of rotatable bonds is 4. The molecular weight excluding hydrogens is 240 g/mol. The van der Waals surface area contributed by atoms with E-state index in [1.165, 1.54) is 19.3 Å². The number of hydrogen-bond acceptors (Lipinski definition) is 3. The van der Waals surface area contributed by atoms with E-state index in [1.807, 2.05) is 6.07 Å². The number of carbonyl (C=O) groups is 1. The Morgan fingerprint density at radius 3 is 2.95 bits per heavy atom. The average Bonchev–Trinajstić information content (AvgIpc) is 2.75. The molecule has 3 rings (SSSR count). The minimum absolute atomic E-state index is 0.144. The lowest BCUT2D eigenvalue weighted by Gasteiger charge is -2.24. The second-order valence-corrected chi connectivity index (χ2v) is 5.25. The SMILES string of the molecule is Nc1ccc2oc(C(=O)NCCC3CCC3)cc2c1. The van der Waals surface area contributed by atoms with Gasteiger partial charge in [-0.2, -0.15) is 0 Å². The number of hydrogen-bond donors (Lipinski definition) is 2. The fourth-order valence-corrected chi connectivity index (χ4v) is 2.43. The lowest BCUT2D eigenvalue weighted by molar-refractivity contribution is 0.0923. The van der Waals surface area contributed by atoms with Crippen LogP contribution in [-0.4, -0.2) is 12.5 Å². The van der Waals surface area contributed by atoms with Crippen LogP contribution in [0.2, 0.25) is 0 Å². The smallest absolute Gasteiger partial charge is 0.287 e. The maximum absolute atomic E-state index is 12.0. The third-order valence-corrected chi connectivity index (χ3v) is 3.83. The normalized spacial score (nSPS) is 15.4. The number of furan rings is 1. The average molecular weight is 258 g/mol. The van der Waals surface area contributed by atoms with E-state index in [-0.39, 0.29) is 5.91 Å². The predicted octanol–water partition coefficient (Wildman–Crippen LogP) is 2.94. The van der Waals surface area contributed by atoms with Crippen LogP contribution in [0.5, 0.6) is 0 Å². The quantitative estimate of drug-likeness (QED) is 0.828. The highest BCUT2D eigenvalue weighted by molar-refractivity contribution is 5.96. The van der Waals surface area contributed by atoms with Crippen molar-refractivity contribution in [2.75, 3.05) is 12.3 Å². The third kappa shape index (κ3) is 2.57. The van der Waals surface area contributed by atoms with E-state index in [4.69, 9.17) is 10.2 Å². The van der Waals surface area contributed by atoms with Gasteiger partial charge in [0.2, 0.25) is 0 Å². The van der Waals surface area contributed by atoms with Crippen molar-refractivity contribution in [2.45, 2.75) is 25.7 Å². The van der Waals surface area contributed by atoms with Crippen LogP contribution in [0.15, 0.2) is 28.7 Å². The Labute approximate surface area is 112 Å². The van der Waals surface area contributed by atoms with E-state index < -0.39 is 0 Å². The molecule has 1 aliphatic rings. The number of fused-ring (bicyclic) bond motifs is 1. The summed E-state index contributed by atoms with van der Waals surface area (Å²) in [5.74, 6) is 1.01. The number of carbonyl (C=O) groups excluding carboxylic acids is 1. The van der Waals surface area contributed by atoms with Gasteiger partial charge in [0.15, 0.2) is 5.76 Å². The first-order valence-electron chi connectivity index (χ1n) is 6.79. The molecule has 0 radical (unpaired) electrons. The van der Waals surface area contributed by atoms with Gasteiger partial charge in [-0.05, 0) is 36.6 Å². The van der Waals surface area contributed by atoms with Crippen molar-refractivity contribution in [2.24, 2.45) is 5.92 Å². The van der Waals surface area contributed by atoms with Gasteiger partial charge in [-0.1, -0.05) is 19.3 Å². The molecule has 0 atom stereocenters. The summed E-state index contributed by atoms with van der Waals surface area (Å²) in [4.78, 5) is 12.0. The lowest BCUT2D eigenvalue weighted by atomic mass is 9.83. The standard InChI is InChI=1S/C15H18N2O2/c16-12-4-5-13-11(8-12)9-14(19-13)15(18)17-7-6-10-2-1-3-10/h4-5,8-10H,1-3,6-7,16H2,(H,17,18). The van der Waals surface area contributed by atoms with Crippen LogP contribution >= 0.6 is 0 Å². The summed E-state index contributed by atoms with van der Waals surface area (Å²) < 4.78 is 5.52. The van der Waals surface area contributed by atoms with Crippen molar-refractivity contribution >= 4 is 22.6 Å². The molecule has 1 amide bonds. The highest BCUT2D eigenvalue weighted by Crippen LogP contribution is 2.28. The Kier molecular flexibility index (Phi) is 3.15. The van der Waals surface area contributed by atoms with Gasteiger partial charge in [0.1, 0.15) is 5.58 Å². The molecule has 100 valence electrons. The van der Waals surface area contributed by atoms with Gasteiger partial charge in [-0.15, -0.1) is 0 Å². The summed E-state index contributed by atoms with van der Waals surface area (Å²) in [6.07, 6.45) is 5.02. The first-order valence-corrected chi connectivity index (χ1v) is 6.79. The maximum atomic E-state index is 12.0. The van der Waals surface area contributed by atoms with Gasteiger partial charge in [0.05, 0.1) is 0 Å². The molecule has 0 spiro atoms. The van der Waals surface area contributed by atoms with E-state index in [2.05, 4.69) is 5.32 Å². The van der Waals surface area contributed by atoms with E-state index in [9.17, 15) is 4.79 Å². The summed E-state index contributed by atoms with van der Waals surface area (Å²) in [7, 11) is 0. The molecule has 0 saturated heterocycles. The zero-order valence-corrected chi connectivity index (χ0v) is 10.8. The summed E-state index contributed by atoms with van der Waals surface area (Å²) in [6.45, 7) is 0.725. The van der Waals surface area contributed by atoms with Crippen molar-refractivity contribution < 1.29 is 9.21 Å². The summed E-state index contributed by atoms with van der Waals surface area (Å²) in [6, 6.07) is 7.11. The predicted molar refractivity (Wildman–Crippen MR) is 74.9 cm³/mol. The summed E-state index contributed by atoms with van der Waals surface area (Å²) in [5, 5.41) is 3.77. The van der Waals surface area contributed by atoms with Crippen molar-refractivity contribution in [3.8, 4) is 0 Å². The Morgan fingerprint density at radius 2 is 2.21 bits per heavy atom. The summed E-state index contributed by atoms with van der Waals surface area (Å²) in [5.41, 5.74) is 7.07. The zero-order valence-electron chi connectivity index (χ0n) is 10.8. The van der Waals surface area contributed by atoms with Crippen molar-refractivity contribution in [3.63, 3.8) is 0 Å². The minimum Gasteiger partial charge on any atom is -0.451 e. The Bertz CT molecular complexity index is 599. The first kappa shape index (κ1) is 12.1. The fraction of sp³-hybridized carbons (Fsp3) is 0.400. The molecule has 0 bridgehead atoms. The number of nitrogens with one attached hydrogen (secondary N) is 1. The highest BCUT2D eigenvalue weighted by Gasteiger charge is 2.18. The number of nitrogen functional groups attached to an aromatic ring is 1. The monoisotopic (exact) mass is 258 g/mol. The molecule has 4 heteroatoms. The number of benzene rings is 1. The molecule has 1 aromatic carbocycles. The molecule has 1 saturated carbocycles. The molecule has 0 unspecified atom stereocenters. The largest absolute Gasteiger partial charge is 0.451 e. The van der Waals surface area contributed by atoms with Crippen LogP contribution in [-0.2, 0) is 0 Å². The highest BCUT2D eigenvalue weighted by atomic mass is 16.3. The van der Waals surface area contributed by atoms with Gasteiger partial charge in [0.25, 0.3) is 5.91 Å². The number of anilines is 1. The van der Waals surface area contributed by atoms with Gasteiger partial charge in [-0.3, -0.25) is 4.79 Å². The van der Waals surface area contributed by atoms with Crippen LogP contribution in [0.25, 0.3) is 11.0 Å². The van der Waals surface area contributed by atoms with Gasteiger partial charge >= 0.3 is 0 Å². The topological polar surface area (TPSA) is 68.3 Å². The minimum atomic E-state index is -0.144. The number of nitrogens with two attached hydrogens (primary N) is 1. The van der Waals surface area contributed by atoms with Gasteiger partial charge < -0.3 is 15.5 Å². The van der Waals surface area contributed by atoms with Crippen molar-refractivity contribution in [1.29, 1.82) is 0 Å². The molecule has 0 aliphatic heterocycles. The third-order valence-electron chi connectivity index (χ3n) is 3.83. The molecule has 1 fully saturated rings. The van der Waals surface area contributed by atoms with Gasteiger partial charge in [-0.25, -0.2) is 0 Å². The van der Waals surface area contributed by atoms with Crippen LogP contribution in [0.4, 0.5) is 5.69 Å². The van der Waals surface area contributed by atoms with Crippen LogP contribution in [0.1, 0.15) is 36.2 Å². The van der Waals surface area contributed by atoms with Crippen LogP contribution in [0, 0.1) is 5.92 Å². The maximum Gasteiger partial charge on any atom is 0.287 e. The molecule has 2 aromatic rings. The zero-order chi connectivity index (χ0) is 13.2. The van der Waals surface area contributed by atoms with E-state index in [0.717, 1.165) is 24.3 Å². The second-order valence-electron chi connectivity index (χ2n) is 5.25. The molecular formula is C15H18N2O2. The molecule has 19 heavy (non-hydrogen) atoms. The first-order chi connectivity index (χ1) is 9.22. The Morgan fingerprint density at radius 1 is 1.37 bits per heavy atom. The van der Waals surface area contributed by atoms with E-state index >= 15 is 0 Å². The van der Waals surface area contributed by atoms with Crippen molar-refractivity contribution in [1.82, 2.24) is 5.32 Å². The van der Waals surface area contributed by atoms with Crippen LogP contribution < -0.4 is 11.1 Å². The molecule has 3 N–H and O–H groups in total. The molecule has 1 heterocycles. The van der Waals surface area contributed by atoms with Crippen molar-refractivity contribution in [3.05, 3.63) is 30.0 Å². The second kappa shape index (κ2) is 4.96. The Balaban J connectivity index is 1.63. The lowest BCUT2D eigenvalue weighted by Crippen LogP contribution is -2.27. The number of amides is 1. The van der Waals surface area contributed by atoms with Crippen LogP contribution in [0.3, 0.4) is 0 Å². The van der Waals surface area contributed by atoms with E-state index in [1.54, 1.807) is 18.2 Å². The molecule has 4 nitrogen and oxygen atoms in total. The molecule has 1 aliphatic carbocycles. The summed E-state index contributed by atoms with van der Waals surface area (Å²) >= 11 is 0. The Hall–Kier alpha value is -1.97. The fourth-order valence-electron chi connectivity index (χ4n) is 2.43. The molecule has 1 aromatic heterocycles. The van der Waals surface area contributed by atoms with E-state index in [0.29, 0.717) is 17.0 Å². The van der Waals surface area contributed by atoms with Gasteiger partial charge in [0, 0.05) is 17.6 Å².